The maximum Gasteiger partial charge on any atom is 0.0708 e. The lowest BCUT2D eigenvalue weighted by Gasteiger charge is -2.13. The number of hydrogen-bond donors (Lipinski definition) is 0. The number of benzene rings is 2. The van der Waals surface area contributed by atoms with Gasteiger partial charge in [0, 0.05) is 22.7 Å². The number of aromatic nitrogens is 2. The van der Waals surface area contributed by atoms with Crippen molar-refractivity contribution in [3.63, 3.8) is 0 Å². The number of hydrogen-bond acceptors (Lipinski definition) is 2. The summed E-state index contributed by atoms with van der Waals surface area (Å²) in [5.74, 6) is 0.938. The Morgan fingerprint density at radius 3 is 2.42 bits per heavy atom. The third-order valence-electron chi connectivity index (χ3n) is 5.15. The Labute approximate surface area is 154 Å². The summed E-state index contributed by atoms with van der Waals surface area (Å²) in [6.07, 6.45) is 2.78. The second-order valence-corrected chi connectivity index (χ2v) is 7.47. The highest BCUT2D eigenvalue weighted by atomic mass is 14.7. The summed E-state index contributed by atoms with van der Waals surface area (Å²) in [6.45, 7) is 6.72. The average molecular weight is 340 g/mol. The Hall–Kier alpha value is -2.74. The molecule has 2 heterocycles. The first kappa shape index (κ1) is 16.7. The monoisotopic (exact) mass is 340 g/mol. The van der Waals surface area contributed by atoms with E-state index in [0.29, 0.717) is 11.8 Å². The molecule has 0 aliphatic rings. The molecule has 2 nitrogen and oxygen atoms in total. The fourth-order valence-corrected chi connectivity index (χ4v) is 3.48. The largest absolute Gasteiger partial charge is 0.256 e. The van der Waals surface area contributed by atoms with Crippen molar-refractivity contribution in [3.05, 3.63) is 83.7 Å². The number of pyridine rings is 2. The summed E-state index contributed by atoms with van der Waals surface area (Å²) in [5.41, 5.74) is 5.98. The van der Waals surface area contributed by atoms with Crippen LogP contribution in [0, 0.1) is 0 Å². The van der Waals surface area contributed by atoms with Crippen LogP contribution in [0.15, 0.2) is 66.9 Å². The van der Waals surface area contributed by atoms with Crippen LogP contribution in [-0.2, 0) is 6.42 Å². The van der Waals surface area contributed by atoms with Gasteiger partial charge in [-0.2, -0.15) is 0 Å². The molecule has 0 radical (unpaired) electrons. The van der Waals surface area contributed by atoms with Gasteiger partial charge in [0.25, 0.3) is 0 Å². The number of fused-ring (bicyclic) bond motifs is 2. The molecule has 4 rings (SSSR count). The van der Waals surface area contributed by atoms with E-state index in [9.17, 15) is 0 Å². The molecule has 130 valence electrons. The highest BCUT2D eigenvalue weighted by molar-refractivity contribution is 5.80. The molecule has 2 heteroatoms. The zero-order valence-corrected chi connectivity index (χ0v) is 15.6. The van der Waals surface area contributed by atoms with Gasteiger partial charge >= 0.3 is 0 Å². The fourth-order valence-electron chi connectivity index (χ4n) is 3.48. The van der Waals surface area contributed by atoms with Gasteiger partial charge in [0.2, 0.25) is 0 Å². The van der Waals surface area contributed by atoms with Gasteiger partial charge in [0.15, 0.2) is 0 Å². The maximum absolute atomic E-state index is 4.93. The van der Waals surface area contributed by atoms with Crippen molar-refractivity contribution in [2.45, 2.75) is 39.0 Å². The van der Waals surface area contributed by atoms with Crippen molar-refractivity contribution >= 4 is 21.8 Å². The van der Waals surface area contributed by atoms with Crippen molar-refractivity contribution < 1.29 is 0 Å². The molecule has 26 heavy (non-hydrogen) atoms. The molecule has 0 aliphatic heterocycles. The van der Waals surface area contributed by atoms with Gasteiger partial charge in [0.1, 0.15) is 0 Å². The molecule has 0 saturated heterocycles. The Balaban J connectivity index is 1.62. The van der Waals surface area contributed by atoms with Gasteiger partial charge in [-0.05, 0) is 59.7 Å². The zero-order chi connectivity index (χ0) is 18.1. The van der Waals surface area contributed by atoms with E-state index in [2.05, 4.69) is 80.4 Å². The zero-order valence-electron chi connectivity index (χ0n) is 15.6. The Bertz CT molecular complexity index is 1070. The van der Waals surface area contributed by atoms with E-state index in [-0.39, 0.29) is 0 Å². The van der Waals surface area contributed by atoms with E-state index >= 15 is 0 Å². The van der Waals surface area contributed by atoms with Gasteiger partial charge in [-0.3, -0.25) is 9.97 Å². The summed E-state index contributed by atoms with van der Waals surface area (Å²) in [5, 5.41) is 2.41. The second kappa shape index (κ2) is 6.87. The third-order valence-corrected chi connectivity index (χ3v) is 5.15. The highest BCUT2D eigenvalue weighted by Crippen LogP contribution is 2.25. The lowest BCUT2D eigenvalue weighted by Crippen LogP contribution is -2.01. The Kier molecular flexibility index (Phi) is 4.42. The molecule has 0 saturated carbocycles. The van der Waals surface area contributed by atoms with E-state index in [0.717, 1.165) is 23.1 Å². The Morgan fingerprint density at radius 2 is 1.58 bits per heavy atom. The third kappa shape index (κ3) is 3.32. The molecule has 0 spiro atoms. The molecule has 2 aromatic heterocycles. The number of rotatable bonds is 4. The van der Waals surface area contributed by atoms with Crippen LogP contribution in [0.2, 0.25) is 0 Å². The molecule has 0 N–H and O–H groups in total. The van der Waals surface area contributed by atoms with Gasteiger partial charge < -0.3 is 0 Å². The first-order chi connectivity index (χ1) is 12.6. The van der Waals surface area contributed by atoms with E-state index in [4.69, 9.17) is 4.98 Å². The van der Waals surface area contributed by atoms with Crippen LogP contribution in [0.1, 0.15) is 49.4 Å². The molecule has 0 amide bonds. The van der Waals surface area contributed by atoms with Gasteiger partial charge in [0.05, 0.1) is 11.0 Å². The van der Waals surface area contributed by atoms with Crippen LogP contribution in [0.4, 0.5) is 0 Å². The molecular formula is C24H24N2. The molecule has 1 unspecified atom stereocenters. The highest BCUT2D eigenvalue weighted by Gasteiger charge is 2.10. The van der Waals surface area contributed by atoms with Crippen LogP contribution in [0.3, 0.4) is 0 Å². The quantitative estimate of drug-likeness (QED) is 0.438. The minimum absolute atomic E-state index is 0.415. The SMILES string of the molecule is CC(C)c1ccc2ccc(CC(C)c3ccc4ncccc4c3)nc2c1. The summed E-state index contributed by atoms with van der Waals surface area (Å²) < 4.78 is 0. The summed E-state index contributed by atoms with van der Waals surface area (Å²) >= 11 is 0. The predicted octanol–water partition coefficient (Wildman–Crippen LogP) is 6.25. The number of nitrogens with zero attached hydrogens (tertiary/aromatic N) is 2. The van der Waals surface area contributed by atoms with Crippen molar-refractivity contribution in [2.24, 2.45) is 0 Å². The maximum atomic E-state index is 4.93. The van der Waals surface area contributed by atoms with E-state index in [1.807, 2.05) is 12.3 Å². The van der Waals surface area contributed by atoms with Gasteiger partial charge in [-0.15, -0.1) is 0 Å². The van der Waals surface area contributed by atoms with Gasteiger partial charge in [-0.25, -0.2) is 0 Å². The van der Waals surface area contributed by atoms with Crippen molar-refractivity contribution in [3.8, 4) is 0 Å². The van der Waals surface area contributed by atoms with Crippen LogP contribution >= 0.6 is 0 Å². The standard InChI is InChI=1S/C24H24N2/c1-16(2)19-7-6-18-8-10-22(26-24(18)15-19)13-17(3)20-9-11-23-21(14-20)5-4-12-25-23/h4-12,14-17H,13H2,1-3H3. The van der Waals surface area contributed by atoms with Crippen molar-refractivity contribution in [2.75, 3.05) is 0 Å². The lowest BCUT2D eigenvalue weighted by atomic mass is 9.94. The first-order valence-corrected chi connectivity index (χ1v) is 9.34. The second-order valence-electron chi connectivity index (χ2n) is 7.47. The molecule has 0 aliphatic carbocycles. The smallest absolute Gasteiger partial charge is 0.0708 e. The fraction of sp³-hybridized carbons (Fsp3) is 0.250. The molecule has 0 fully saturated rings. The van der Waals surface area contributed by atoms with Gasteiger partial charge in [-0.1, -0.05) is 51.1 Å². The predicted molar refractivity (Wildman–Crippen MR) is 110 cm³/mol. The van der Waals surface area contributed by atoms with Crippen LogP contribution in [-0.4, -0.2) is 9.97 Å². The van der Waals surface area contributed by atoms with Crippen molar-refractivity contribution in [1.29, 1.82) is 0 Å². The molecule has 0 bridgehead atoms. The summed E-state index contributed by atoms with van der Waals surface area (Å²) in [7, 11) is 0. The average Bonchev–Trinajstić information content (AvgIpc) is 2.67. The van der Waals surface area contributed by atoms with Crippen LogP contribution in [0.5, 0.6) is 0 Å². The lowest BCUT2D eigenvalue weighted by molar-refractivity contribution is 0.744. The summed E-state index contributed by atoms with van der Waals surface area (Å²) in [6, 6.07) is 21.7. The van der Waals surface area contributed by atoms with Crippen LogP contribution < -0.4 is 0 Å². The summed E-state index contributed by atoms with van der Waals surface area (Å²) in [4.78, 5) is 9.34. The molecule has 2 aromatic carbocycles. The topological polar surface area (TPSA) is 25.8 Å². The van der Waals surface area contributed by atoms with E-state index in [1.54, 1.807) is 0 Å². The minimum atomic E-state index is 0.415. The first-order valence-electron chi connectivity index (χ1n) is 9.34. The minimum Gasteiger partial charge on any atom is -0.256 e. The Morgan fingerprint density at radius 1 is 0.769 bits per heavy atom. The molecule has 4 aromatic rings. The van der Waals surface area contributed by atoms with E-state index < -0.39 is 0 Å². The molecular weight excluding hydrogens is 316 g/mol. The molecule has 1 atom stereocenters. The van der Waals surface area contributed by atoms with E-state index in [1.165, 1.54) is 21.9 Å². The normalized spacial score (nSPS) is 12.8. The van der Waals surface area contributed by atoms with Crippen LogP contribution in [0.25, 0.3) is 21.8 Å². The van der Waals surface area contributed by atoms with Crippen molar-refractivity contribution in [1.82, 2.24) is 9.97 Å².